The molecule has 3 heterocycles. The number of carbonyl (C=O) groups is 2. The average molecular weight is 575 g/mol. The third-order valence-corrected chi connectivity index (χ3v) is 8.47. The number of benzene rings is 3. The highest BCUT2D eigenvalue weighted by molar-refractivity contribution is 8.00. The molecule has 1 fully saturated rings. The zero-order valence-corrected chi connectivity index (χ0v) is 22.9. The summed E-state index contributed by atoms with van der Waals surface area (Å²) in [7, 11) is 0. The molecule has 7 nitrogen and oxygen atoms in total. The Morgan fingerprint density at radius 1 is 1.05 bits per heavy atom. The highest BCUT2D eigenvalue weighted by Crippen LogP contribution is 2.49. The highest BCUT2D eigenvalue weighted by atomic mass is 32.2. The Labute approximate surface area is 240 Å². The summed E-state index contributed by atoms with van der Waals surface area (Å²) in [6, 6.07) is 22.2. The topological polar surface area (TPSA) is 76.5 Å². The summed E-state index contributed by atoms with van der Waals surface area (Å²) in [4.78, 5) is 28.4. The summed E-state index contributed by atoms with van der Waals surface area (Å²) in [5.41, 5.74) is 2.80. The minimum absolute atomic E-state index is 0.0157. The second-order valence-corrected chi connectivity index (χ2v) is 11.1. The molecule has 10 heteroatoms. The van der Waals surface area contributed by atoms with Crippen LogP contribution in [0.3, 0.4) is 0 Å². The quantitative estimate of drug-likeness (QED) is 0.325. The number of aromatic nitrogens is 2. The molecule has 2 atom stereocenters. The summed E-state index contributed by atoms with van der Waals surface area (Å²) >= 11 is 1.23. The molecule has 2 amide bonds. The van der Waals surface area contributed by atoms with Crippen molar-refractivity contribution in [3.8, 4) is 16.9 Å². The maximum absolute atomic E-state index is 15.3. The summed E-state index contributed by atoms with van der Waals surface area (Å²) in [5.74, 6) is -1.68. The van der Waals surface area contributed by atoms with E-state index >= 15 is 4.39 Å². The van der Waals surface area contributed by atoms with Gasteiger partial charge in [0.2, 0.25) is 11.8 Å². The monoisotopic (exact) mass is 574 g/mol. The number of amides is 2. The van der Waals surface area contributed by atoms with Gasteiger partial charge in [0.15, 0.2) is 0 Å². The van der Waals surface area contributed by atoms with Gasteiger partial charge in [-0.25, -0.2) is 13.5 Å². The second-order valence-electron chi connectivity index (χ2n) is 9.98. The molecule has 3 aromatic carbocycles. The Balaban J connectivity index is 1.52. The number of fused-ring (bicyclic) bond motifs is 1. The van der Waals surface area contributed by atoms with Crippen LogP contribution in [-0.2, 0) is 14.3 Å². The van der Waals surface area contributed by atoms with E-state index in [9.17, 15) is 14.0 Å². The largest absolute Gasteiger partial charge is 0.376 e. The van der Waals surface area contributed by atoms with E-state index in [1.807, 2.05) is 60.7 Å². The van der Waals surface area contributed by atoms with E-state index in [1.165, 1.54) is 28.8 Å². The van der Waals surface area contributed by atoms with Crippen LogP contribution >= 0.6 is 11.8 Å². The van der Waals surface area contributed by atoms with Crippen molar-refractivity contribution in [3.05, 3.63) is 102 Å². The van der Waals surface area contributed by atoms with Crippen molar-refractivity contribution in [3.63, 3.8) is 0 Å². The number of nitrogens with zero attached hydrogens (tertiary/aromatic N) is 3. The van der Waals surface area contributed by atoms with Crippen molar-refractivity contribution in [2.45, 2.75) is 24.2 Å². The number of para-hydroxylation sites is 1. The first-order valence-corrected chi connectivity index (χ1v) is 14.5. The third kappa shape index (κ3) is 5.62. The van der Waals surface area contributed by atoms with Crippen molar-refractivity contribution < 1.29 is 23.1 Å². The standard InChI is InChI=1S/C31H28F2N4O3S/c32-21-13-14-24(25(33)16-21)30-28-29(20-8-3-1-4-9-20)35-37(22-10-5-2-6-11-22)31(28)36(27(39)19-41-30)18-26(38)34-17-23-12-7-15-40-23/h1-6,8-11,13-14,16,23,30H,7,12,15,17-19H2,(H,34,38)/t23-,30+/m1/s1. The molecule has 0 radical (unpaired) electrons. The molecule has 41 heavy (non-hydrogen) atoms. The Morgan fingerprint density at radius 2 is 1.80 bits per heavy atom. The molecule has 1 saturated heterocycles. The smallest absolute Gasteiger partial charge is 0.240 e. The van der Waals surface area contributed by atoms with Crippen LogP contribution in [0, 0.1) is 11.6 Å². The minimum Gasteiger partial charge on any atom is -0.376 e. The molecule has 2 aliphatic heterocycles. The van der Waals surface area contributed by atoms with E-state index < -0.39 is 16.9 Å². The molecular weight excluding hydrogens is 546 g/mol. The van der Waals surface area contributed by atoms with Gasteiger partial charge in [0, 0.05) is 35.9 Å². The van der Waals surface area contributed by atoms with Crippen LogP contribution in [0.2, 0.25) is 0 Å². The number of hydrogen-bond donors (Lipinski definition) is 1. The van der Waals surface area contributed by atoms with Crippen LogP contribution in [0.15, 0.2) is 78.9 Å². The number of ether oxygens (including phenoxy) is 1. The SMILES string of the molecule is O=C(CN1C(=O)CS[C@@H](c2ccc(F)cc2F)c2c(-c3ccccc3)nn(-c3ccccc3)c21)NC[C@H]1CCCO1. The van der Waals surface area contributed by atoms with Crippen LogP contribution in [0.25, 0.3) is 16.9 Å². The molecule has 210 valence electrons. The Hall–Kier alpha value is -4.02. The molecule has 2 aliphatic rings. The first-order chi connectivity index (χ1) is 20.0. The fourth-order valence-electron chi connectivity index (χ4n) is 5.27. The van der Waals surface area contributed by atoms with Gasteiger partial charge in [-0.15, -0.1) is 11.8 Å². The van der Waals surface area contributed by atoms with Crippen molar-refractivity contribution in [1.82, 2.24) is 15.1 Å². The van der Waals surface area contributed by atoms with E-state index in [1.54, 1.807) is 4.68 Å². The van der Waals surface area contributed by atoms with Gasteiger partial charge >= 0.3 is 0 Å². The fraction of sp³-hybridized carbons (Fsp3) is 0.258. The predicted molar refractivity (Wildman–Crippen MR) is 154 cm³/mol. The fourth-order valence-corrected chi connectivity index (χ4v) is 6.49. The summed E-state index contributed by atoms with van der Waals surface area (Å²) in [5, 5.41) is 7.17. The van der Waals surface area contributed by atoms with E-state index in [0.29, 0.717) is 35.9 Å². The van der Waals surface area contributed by atoms with Gasteiger partial charge in [-0.05, 0) is 31.0 Å². The minimum atomic E-state index is -0.713. The van der Waals surface area contributed by atoms with Gasteiger partial charge in [-0.3, -0.25) is 14.5 Å². The van der Waals surface area contributed by atoms with Crippen molar-refractivity contribution in [1.29, 1.82) is 0 Å². The van der Waals surface area contributed by atoms with Gasteiger partial charge in [-0.2, -0.15) is 5.10 Å². The maximum atomic E-state index is 15.3. The van der Waals surface area contributed by atoms with Crippen LogP contribution < -0.4 is 10.2 Å². The van der Waals surface area contributed by atoms with E-state index in [0.717, 1.165) is 24.5 Å². The number of hydrogen-bond acceptors (Lipinski definition) is 5. The number of rotatable bonds is 7. The van der Waals surface area contributed by atoms with Crippen molar-refractivity contribution in [2.75, 3.05) is 30.3 Å². The number of halogens is 2. The van der Waals surface area contributed by atoms with Gasteiger partial charge in [-0.1, -0.05) is 54.6 Å². The van der Waals surface area contributed by atoms with Crippen LogP contribution in [0.4, 0.5) is 14.6 Å². The molecule has 0 saturated carbocycles. The molecule has 0 bridgehead atoms. The first-order valence-electron chi connectivity index (χ1n) is 13.5. The van der Waals surface area contributed by atoms with E-state index in [-0.39, 0.29) is 35.8 Å². The lowest BCUT2D eigenvalue weighted by Gasteiger charge is -2.23. The van der Waals surface area contributed by atoms with Crippen molar-refractivity contribution >= 4 is 29.4 Å². The molecule has 0 aliphatic carbocycles. The number of anilines is 1. The molecular formula is C31H28F2N4O3S. The number of carbonyl (C=O) groups excluding carboxylic acids is 2. The Morgan fingerprint density at radius 3 is 2.51 bits per heavy atom. The molecule has 0 spiro atoms. The average Bonchev–Trinajstić information content (AvgIpc) is 3.62. The van der Waals surface area contributed by atoms with Crippen LogP contribution in [0.5, 0.6) is 0 Å². The van der Waals surface area contributed by atoms with Crippen LogP contribution in [0.1, 0.15) is 29.2 Å². The van der Waals surface area contributed by atoms with E-state index in [4.69, 9.17) is 9.84 Å². The molecule has 6 rings (SSSR count). The molecule has 1 N–H and O–H groups in total. The van der Waals surface area contributed by atoms with Gasteiger partial charge in [0.25, 0.3) is 0 Å². The second kappa shape index (κ2) is 11.8. The van der Waals surface area contributed by atoms with Gasteiger partial charge in [0.05, 0.1) is 28.5 Å². The number of nitrogens with one attached hydrogen (secondary N) is 1. The first kappa shape index (κ1) is 27.2. The van der Waals surface area contributed by atoms with E-state index in [2.05, 4.69) is 5.32 Å². The lowest BCUT2D eigenvalue weighted by Crippen LogP contribution is -2.44. The third-order valence-electron chi connectivity index (χ3n) is 7.23. The zero-order valence-electron chi connectivity index (χ0n) is 22.1. The molecule has 1 aromatic heterocycles. The summed E-state index contributed by atoms with van der Waals surface area (Å²) in [6.45, 7) is 0.787. The summed E-state index contributed by atoms with van der Waals surface area (Å²) < 4.78 is 36.5. The summed E-state index contributed by atoms with van der Waals surface area (Å²) in [6.07, 6.45) is 1.77. The normalized spacial score (nSPS) is 18.7. The Bertz CT molecular complexity index is 1560. The zero-order chi connectivity index (χ0) is 28.3. The lowest BCUT2D eigenvalue weighted by atomic mass is 9.99. The molecule has 4 aromatic rings. The van der Waals surface area contributed by atoms with Crippen molar-refractivity contribution in [2.24, 2.45) is 0 Å². The number of thioether (sulfide) groups is 1. The maximum Gasteiger partial charge on any atom is 0.240 e. The highest BCUT2D eigenvalue weighted by Gasteiger charge is 2.38. The lowest BCUT2D eigenvalue weighted by molar-refractivity contribution is -0.123. The Kier molecular flexibility index (Phi) is 7.84. The predicted octanol–water partition coefficient (Wildman–Crippen LogP) is 5.28. The van der Waals surface area contributed by atoms with Gasteiger partial charge < -0.3 is 10.1 Å². The van der Waals surface area contributed by atoms with Crippen LogP contribution in [-0.4, -0.2) is 53.1 Å². The van der Waals surface area contributed by atoms with Gasteiger partial charge in [0.1, 0.15) is 24.0 Å². The molecule has 0 unspecified atom stereocenters.